The van der Waals surface area contributed by atoms with Gasteiger partial charge in [-0.15, -0.1) is 0 Å². The minimum atomic E-state index is -0.841. The first-order chi connectivity index (χ1) is 7.18. The molecule has 0 aromatic heterocycles. The lowest BCUT2D eigenvalue weighted by Crippen LogP contribution is -1.92. The van der Waals surface area contributed by atoms with E-state index in [0.717, 1.165) is 12.0 Å². The summed E-state index contributed by atoms with van der Waals surface area (Å²) in [7, 11) is 0. The van der Waals surface area contributed by atoms with E-state index in [-0.39, 0.29) is 0 Å². The topological polar surface area (TPSA) is 37.3 Å². The first-order valence-corrected chi connectivity index (χ1v) is 5.14. The van der Waals surface area contributed by atoms with E-state index >= 15 is 0 Å². The minimum Gasteiger partial charge on any atom is -0.478 e. The van der Waals surface area contributed by atoms with Gasteiger partial charge in [-0.1, -0.05) is 35.9 Å². The fourth-order valence-corrected chi connectivity index (χ4v) is 2.07. The van der Waals surface area contributed by atoms with Crippen molar-refractivity contribution >= 4 is 5.97 Å². The maximum absolute atomic E-state index is 10.5. The van der Waals surface area contributed by atoms with Gasteiger partial charge in [-0.3, -0.25) is 0 Å². The van der Waals surface area contributed by atoms with Gasteiger partial charge >= 0.3 is 5.97 Å². The molecule has 1 saturated carbocycles. The van der Waals surface area contributed by atoms with Crippen molar-refractivity contribution < 1.29 is 9.90 Å². The highest BCUT2D eigenvalue weighted by Crippen LogP contribution is 2.51. The van der Waals surface area contributed by atoms with Gasteiger partial charge in [0.05, 0.1) is 0 Å². The minimum absolute atomic E-state index is 0.434. The van der Waals surface area contributed by atoms with Gasteiger partial charge in [0.1, 0.15) is 0 Å². The van der Waals surface area contributed by atoms with Crippen LogP contribution >= 0.6 is 0 Å². The van der Waals surface area contributed by atoms with Crippen molar-refractivity contribution in [1.82, 2.24) is 0 Å². The maximum atomic E-state index is 10.5. The summed E-state index contributed by atoms with van der Waals surface area (Å²) in [5.74, 6) is 0.122. The van der Waals surface area contributed by atoms with E-state index in [1.54, 1.807) is 0 Å². The van der Waals surface area contributed by atoms with Crippen LogP contribution in [0, 0.1) is 5.92 Å². The number of carboxylic acid groups (broad SMARTS) is 1. The van der Waals surface area contributed by atoms with Crippen LogP contribution in [0.5, 0.6) is 0 Å². The summed E-state index contributed by atoms with van der Waals surface area (Å²) in [6.07, 6.45) is 2.41. The average molecular weight is 202 g/mol. The lowest BCUT2D eigenvalue weighted by molar-refractivity contribution is -0.131. The maximum Gasteiger partial charge on any atom is 0.328 e. The highest BCUT2D eigenvalue weighted by atomic mass is 16.4. The number of carbonyl (C=O) groups is 1. The number of rotatable bonds is 3. The molecule has 0 heterocycles. The Hall–Kier alpha value is -1.57. The predicted octanol–water partition coefficient (Wildman–Crippen LogP) is 2.82. The Morgan fingerprint density at radius 1 is 1.40 bits per heavy atom. The molecule has 2 nitrogen and oxygen atoms in total. The second-order valence-electron chi connectivity index (χ2n) is 4.09. The molecule has 0 saturated heterocycles. The molecule has 0 bridgehead atoms. The Bertz CT molecular complexity index is 392. The number of benzene rings is 1. The molecule has 2 rings (SSSR count). The van der Waals surface area contributed by atoms with Crippen LogP contribution in [0.3, 0.4) is 0 Å². The Morgan fingerprint density at radius 3 is 2.67 bits per heavy atom. The molecule has 1 aliphatic carbocycles. The van der Waals surface area contributed by atoms with Gasteiger partial charge in [-0.25, -0.2) is 4.79 Å². The third-order valence-electron chi connectivity index (χ3n) is 2.95. The van der Waals surface area contributed by atoms with Crippen LogP contribution in [0.4, 0.5) is 0 Å². The van der Waals surface area contributed by atoms with Gasteiger partial charge in [0.2, 0.25) is 0 Å². The van der Waals surface area contributed by atoms with Crippen LogP contribution in [-0.2, 0) is 4.79 Å². The van der Waals surface area contributed by atoms with Crippen molar-refractivity contribution in [2.45, 2.75) is 19.3 Å². The molecule has 1 N–H and O–H groups in total. The van der Waals surface area contributed by atoms with E-state index in [4.69, 9.17) is 5.11 Å². The summed E-state index contributed by atoms with van der Waals surface area (Å²) < 4.78 is 0. The van der Waals surface area contributed by atoms with E-state index < -0.39 is 5.97 Å². The molecule has 0 radical (unpaired) electrons. The fraction of sp³-hybridized carbons (Fsp3) is 0.308. The number of aliphatic carboxylic acids is 1. The van der Waals surface area contributed by atoms with Crippen molar-refractivity contribution in [3.8, 4) is 0 Å². The number of allylic oxidation sites excluding steroid dienone is 1. The zero-order valence-electron chi connectivity index (χ0n) is 8.68. The van der Waals surface area contributed by atoms with Gasteiger partial charge in [-0.05, 0) is 30.7 Å². The second-order valence-corrected chi connectivity index (χ2v) is 4.09. The molecule has 0 aliphatic heterocycles. The standard InChI is InChI=1S/C13H14O2/c1-9(7-13(14)15)11-8-12(11)10-5-3-2-4-6-10/h2-7,11-12H,8H2,1H3,(H,14,15)/b9-7+/t11-,12+/m0/s1. The molecule has 1 aromatic rings. The third kappa shape index (κ3) is 2.27. The monoisotopic (exact) mass is 202 g/mol. The molecular weight excluding hydrogens is 188 g/mol. The number of hydrogen-bond acceptors (Lipinski definition) is 1. The summed E-state index contributed by atoms with van der Waals surface area (Å²) in [4.78, 5) is 10.5. The van der Waals surface area contributed by atoms with Crippen molar-refractivity contribution in [3.63, 3.8) is 0 Å². The Labute approximate surface area is 89.2 Å². The normalized spacial score (nSPS) is 25.0. The van der Waals surface area contributed by atoms with Gasteiger partial charge in [0.25, 0.3) is 0 Å². The fourth-order valence-electron chi connectivity index (χ4n) is 2.07. The number of hydrogen-bond donors (Lipinski definition) is 1. The van der Waals surface area contributed by atoms with E-state index in [1.807, 2.05) is 25.1 Å². The molecule has 0 unspecified atom stereocenters. The third-order valence-corrected chi connectivity index (χ3v) is 2.95. The van der Waals surface area contributed by atoms with Gasteiger partial charge in [-0.2, -0.15) is 0 Å². The van der Waals surface area contributed by atoms with E-state index in [2.05, 4.69) is 12.1 Å². The molecule has 1 fully saturated rings. The summed E-state index contributed by atoms with van der Waals surface area (Å²) in [6.45, 7) is 1.90. The van der Waals surface area contributed by atoms with Crippen molar-refractivity contribution in [2.75, 3.05) is 0 Å². The molecule has 78 valence electrons. The van der Waals surface area contributed by atoms with Crippen LogP contribution in [-0.4, -0.2) is 11.1 Å². The molecule has 15 heavy (non-hydrogen) atoms. The van der Waals surface area contributed by atoms with Crippen molar-refractivity contribution in [1.29, 1.82) is 0 Å². The van der Waals surface area contributed by atoms with Gasteiger partial charge in [0.15, 0.2) is 0 Å². The highest BCUT2D eigenvalue weighted by molar-refractivity contribution is 5.80. The number of carboxylic acids is 1. The summed E-state index contributed by atoms with van der Waals surface area (Å²) >= 11 is 0. The van der Waals surface area contributed by atoms with E-state index in [1.165, 1.54) is 11.6 Å². The lowest BCUT2D eigenvalue weighted by Gasteiger charge is -1.99. The Kier molecular flexibility index (Phi) is 2.58. The molecule has 1 aliphatic rings. The van der Waals surface area contributed by atoms with E-state index in [0.29, 0.717) is 11.8 Å². The molecule has 0 spiro atoms. The SMILES string of the molecule is C/C(=C\C(=O)O)[C@@H]1C[C@@H]1c1ccccc1. The predicted molar refractivity (Wildman–Crippen MR) is 58.7 cm³/mol. The van der Waals surface area contributed by atoms with Gasteiger partial charge in [0, 0.05) is 6.08 Å². The van der Waals surface area contributed by atoms with E-state index in [9.17, 15) is 4.79 Å². The molecule has 2 heteroatoms. The zero-order chi connectivity index (χ0) is 10.8. The quantitative estimate of drug-likeness (QED) is 0.765. The molecular formula is C13H14O2. The Morgan fingerprint density at radius 2 is 2.07 bits per heavy atom. The summed E-state index contributed by atoms with van der Waals surface area (Å²) in [6, 6.07) is 10.3. The largest absolute Gasteiger partial charge is 0.478 e. The van der Waals surface area contributed by atoms with Crippen molar-refractivity contribution in [2.24, 2.45) is 5.92 Å². The molecule has 1 aromatic carbocycles. The lowest BCUT2D eigenvalue weighted by atomic mass is 10.1. The smallest absolute Gasteiger partial charge is 0.328 e. The Balaban J connectivity index is 2.06. The van der Waals surface area contributed by atoms with Crippen LogP contribution < -0.4 is 0 Å². The van der Waals surface area contributed by atoms with Gasteiger partial charge < -0.3 is 5.11 Å². The van der Waals surface area contributed by atoms with Crippen molar-refractivity contribution in [3.05, 3.63) is 47.5 Å². The van der Waals surface area contributed by atoms with Crippen LogP contribution in [0.1, 0.15) is 24.8 Å². The average Bonchev–Trinajstić information content (AvgIpc) is 2.97. The van der Waals surface area contributed by atoms with Crippen LogP contribution in [0.25, 0.3) is 0 Å². The van der Waals surface area contributed by atoms with Crippen LogP contribution in [0.2, 0.25) is 0 Å². The summed E-state index contributed by atoms with van der Waals surface area (Å²) in [5, 5.41) is 8.64. The first-order valence-electron chi connectivity index (χ1n) is 5.14. The molecule has 2 atom stereocenters. The second kappa shape index (κ2) is 3.89. The zero-order valence-corrected chi connectivity index (χ0v) is 8.68. The highest BCUT2D eigenvalue weighted by Gasteiger charge is 2.39. The van der Waals surface area contributed by atoms with Crippen LogP contribution in [0.15, 0.2) is 42.0 Å². The molecule has 0 amide bonds. The first kappa shape index (κ1) is 9.97. The summed E-state index contributed by atoms with van der Waals surface area (Å²) in [5.41, 5.74) is 2.30.